The van der Waals surface area contributed by atoms with Crippen LogP contribution < -0.4 is 16.0 Å². The average Bonchev–Trinajstić information content (AvgIpc) is 3.70. The Labute approximate surface area is 330 Å². The number of hydrogen-bond donors (Lipinski definition) is 3. The van der Waals surface area contributed by atoms with E-state index in [4.69, 9.17) is 10.1 Å². The molecule has 14 heteroatoms. The maximum Gasteiger partial charge on any atom is 0.255 e. The molecular formula is C43H46N10O4. The Kier molecular flexibility index (Phi) is 9.43. The highest BCUT2D eigenvalue weighted by Gasteiger charge is 2.39. The molecule has 9 rings (SSSR count). The summed E-state index contributed by atoms with van der Waals surface area (Å²) in [6.07, 6.45) is 5.18. The van der Waals surface area contributed by atoms with Gasteiger partial charge in [-0.05, 0) is 104 Å². The molecule has 0 spiro atoms. The molecule has 1 unspecified atom stereocenters. The van der Waals surface area contributed by atoms with Gasteiger partial charge < -0.3 is 20.4 Å². The van der Waals surface area contributed by atoms with E-state index in [1.165, 1.54) is 16.0 Å². The lowest BCUT2D eigenvalue weighted by atomic mass is 9.93. The van der Waals surface area contributed by atoms with Crippen molar-refractivity contribution in [1.29, 1.82) is 0 Å². The van der Waals surface area contributed by atoms with E-state index < -0.39 is 11.9 Å². The van der Waals surface area contributed by atoms with Gasteiger partial charge in [-0.25, -0.2) is 9.67 Å². The van der Waals surface area contributed by atoms with Crippen LogP contribution in [0.15, 0.2) is 60.8 Å². The van der Waals surface area contributed by atoms with E-state index in [0.29, 0.717) is 42.5 Å². The highest BCUT2D eigenvalue weighted by molar-refractivity contribution is 6.06. The van der Waals surface area contributed by atoms with Crippen molar-refractivity contribution in [2.45, 2.75) is 65.1 Å². The van der Waals surface area contributed by atoms with Crippen LogP contribution in [0.25, 0.3) is 11.0 Å². The maximum atomic E-state index is 13.6. The van der Waals surface area contributed by atoms with E-state index in [1.807, 2.05) is 18.1 Å². The number of carbonyl (C=O) groups excluding carboxylic acids is 4. The number of fused-ring (bicyclic) bond motifs is 3. The summed E-state index contributed by atoms with van der Waals surface area (Å²) in [5.74, 6) is 0.706. The normalized spacial score (nSPS) is 18.8. The van der Waals surface area contributed by atoms with Crippen molar-refractivity contribution in [2.75, 3.05) is 36.8 Å². The number of anilines is 4. The van der Waals surface area contributed by atoms with Gasteiger partial charge in [0.05, 0.1) is 5.39 Å². The Bertz CT molecular complexity index is 2430. The number of amides is 4. The second-order valence-electron chi connectivity index (χ2n) is 15.9. The van der Waals surface area contributed by atoms with Crippen LogP contribution in [-0.2, 0) is 36.1 Å². The van der Waals surface area contributed by atoms with Crippen molar-refractivity contribution in [3.63, 3.8) is 0 Å². The first-order chi connectivity index (χ1) is 27.6. The molecule has 6 heterocycles. The number of aromatic nitrogens is 4. The van der Waals surface area contributed by atoms with Crippen LogP contribution in [-0.4, -0.2) is 90.3 Å². The number of aryl methyl sites for hydroxylation is 3. The number of piperidine rings is 2. The van der Waals surface area contributed by atoms with Crippen LogP contribution in [0, 0.1) is 19.8 Å². The number of benzene rings is 3. The van der Waals surface area contributed by atoms with Gasteiger partial charge in [-0.1, -0.05) is 24.3 Å². The number of nitrogens with zero attached hydrogens (tertiary/aromatic N) is 7. The van der Waals surface area contributed by atoms with E-state index in [2.05, 4.69) is 76.1 Å². The molecule has 3 aromatic carbocycles. The number of rotatable bonds is 8. The van der Waals surface area contributed by atoms with Gasteiger partial charge in [-0.15, -0.1) is 0 Å². The van der Waals surface area contributed by atoms with Gasteiger partial charge in [0.1, 0.15) is 6.04 Å². The summed E-state index contributed by atoms with van der Waals surface area (Å²) in [5.41, 5.74) is 9.48. The lowest BCUT2D eigenvalue weighted by molar-refractivity contribution is -0.136. The highest BCUT2D eigenvalue weighted by Crippen LogP contribution is 2.32. The fourth-order valence-corrected chi connectivity index (χ4v) is 8.87. The fourth-order valence-electron chi connectivity index (χ4n) is 8.87. The Balaban J connectivity index is 0.793. The molecule has 3 N–H and O–H groups in total. The van der Waals surface area contributed by atoms with Gasteiger partial charge in [0.15, 0.2) is 11.5 Å². The van der Waals surface area contributed by atoms with E-state index in [9.17, 15) is 19.2 Å². The minimum atomic E-state index is -0.678. The summed E-state index contributed by atoms with van der Waals surface area (Å²) >= 11 is 0. The van der Waals surface area contributed by atoms with Crippen LogP contribution in [0.1, 0.15) is 74.2 Å². The molecule has 57 heavy (non-hydrogen) atoms. The zero-order valence-corrected chi connectivity index (χ0v) is 32.5. The van der Waals surface area contributed by atoms with Crippen molar-refractivity contribution < 1.29 is 19.2 Å². The summed E-state index contributed by atoms with van der Waals surface area (Å²) in [6.45, 7) is 8.63. The molecule has 1 atom stereocenters. The van der Waals surface area contributed by atoms with Crippen molar-refractivity contribution in [3.8, 4) is 0 Å². The first kappa shape index (κ1) is 36.5. The van der Waals surface area contributed by atoms with Crippen LogP contribution in [0.5, 0.6) is 0 Å². The first-order valence-electron chi connectivity index (χ1n) is 19.8. The topological polar surface area (TPSA) is 158 Å². The Hall–Kier alpha value is -6.15. The number of carbonyl (C=O) groups is 4. The molecule has 0 saturated carbocycles. The van der Waals surface area contributed by atoms with Gasteiger partial charge in [0.25, 0.3) is 11.8 Å². The van der Waals surface area contributed by atoms with E-state index in [-0.39, 0.29) is 30.7 Å². The molecule has 14 nitrogen and oxygen atoms in total. The second-order valence-corrected chi connectivity index (χ2v) is 15.9. The lowest BCUT2D eigenvalue weighted by Gasteiger charge is -2.36. The SMILES string of the molecule is Cc1cccc(C)c1Nc1nn(C)c2nc(Nc3ccc4c(c3)CN(CC3CCN(C(=O)c5ccc6c(c5)CN(C5CCC(=O)NC5=O)C6=O)CC3)CC4)ncc12. The summed E-state index contributed by atoms with van der Waals surface area (Å²) < 4.78 is 1.78. The molecule has 0 bridgehead atoms. The summed E-state index contributed by atoms with van der Waals surface area (Å²) in [7, 11) is 1.89. The largest absolute Gasteiger partial charge is 0.339 e. The molecule has 2 aromatic heterocycles. The molecule has 2 saturated heterocycles. The van der Waals surface area contributed by atoms with Crippen molar-refractivity contribution in [2.24, 2.45) is 13.0 Å². The molecule has 5 aromatic rings. The van der Waals surface area contributed by atoms with Gasteiger partial charge in [-0.3, -0.25) is 29.4 Å². The Morgan fingerprint density at radius 1 is 0.877 bits per heavy atom. The molecule has 0 radical (unpaired) electrons. The Morgan fingerprint density at radius 2 is 1.68 bits per heavy atom. The highest BCUT2D eigenvalue weighted by atomic mass is 16.2. The number of imide groups is 1. The van der Waals surface area contributed by atoms with Crippen LogP contribution in [0.2, 0.25) is 0 Å². The van der Waals surface area contributed by atoms with Crippen molar-refractivity contribution >= 4 is 57.8 Å². The number of para-hydroxylation sites is 1. The number of hydrogen-bond acceptors (Lipinski definition) is 10. The minimum absolute atomic E-state index is 0.0314. The fraction of sp³-hybridized carbons (Fsp3) is 0.372. The van der Waals surface area contributed by atoms with E-state index >= 15 is 0 Å². The molecule has 4 aliphatic rings. The summed E-state index contributed by atoms with van der Waals surface area (Å²) in [6, 6.07) is 17.3. The Morgan fingerprint density at radius 3 is 2.47 bits per heavy atom. The molecular weight excluding hydrogens is 721 g/mol. The monoisotopic (exact) mass is 766 g/mol. The van der Waals surface area contributed by atoms with Crippen LogP contribution >= 0.6 is 0 Å². The van der Waals surface area contributed by atoms with Gasteiger partial charge in [0.2, 0.25) is 17.8 Å². The smallest absolute Gasteiger partial charge is 0.255 e. The van der Waals surface area contributed by atoms with Gasteiger partial charge in [-0.2, -0.15) is 10.1 Å². The third-order valence-corrected chi connectivity index (χ3v) is 12.0. The number of nitrogens with one attached hydrogen (secondary N) is 3. The number of likely N-dealkylation sites (tertiary alicyclic amines) is 1. The van der Waals surface area contributed by atoms with Gasteiger partial charge in [0, 0.05) is 81.4 Å². The third-order valence-electron chi connectivity index (χ3n) is 12.0. The second kappa shape index (κ2) is 14.7. The summed E-state index contributed by atoms with van der Waals surface area (Å²) in [4.78, 5) is 66.3. The minimum Gasteiger partial charge on any atom is -0.339 e. The zero-order valence-electron chi connectivity index (χ0n) is 32.5. The van der Waals surface area contributed by atoms with E-state index in [1.54, 1.807) is 22.9 Å². The molecule has 4 amide bonds. The van der Waals surface area contributed by atoms with Crippen LogP contribution in [0.3, 0.4) is 0 Å². The molecule has 2 fully saturated rings. The van der Waals surface area contributed by atoms with Crippen molar-refractivity contribution in [3.05, 3.63) is 99.7 Å². The van der Waals surface area contributed by atoms with Crippen LogP contribution in [0.4, 0.5) is 23.1 Å². The summed E-state index contributed by atoms with van der Waals surface area (Å²) in [5, 5.41) is 14.8. The predicted octanol–water partition coefficient (Wildman–Crippen LogP) is 5.14. The molecule has 292 valence electrons. The predicted molar refractivity (Wildman–Crippen MR) is 215 cm³/mol. The maximum absolute atomic E-state index is 13.6. The third kappa shape index (κ3) is 7.09. The first-order valence-corrected chi connectivity index (χ1v) is 19.8. The average molecular weight is 767 g/mol. The standard InChI is InChI=1S/C43H46N10O4/c1-25-5-4-6-26(2)37(25)47-38-34-21-44-43(48-39(34)50(3)49-38)45-32-9-7-28-15-16-51(23-30(28)20-32)22-27-13-17-52(18-14-27)41(56)29-8-10-33-31(19-29)24-53(42(33)57)35-11-12-36(54)46-40(35)55/h4-10,19-21,27,35H,11-18,22-24H2,1-3H3,(H,47,49)(H,44,45,48)(H,46,54,55). The van der Waals surface area contributed by atoms with Crippen molar-refractivity contribution in [1.82, 2.24) is 39.8 Å². The molecule has 0 aliphatic carbocycles. The molecule has 4 aliphatic heterocycles. The zero-order chi connectivity index (χ0) is 39.4. The quantitative estimate of drug-likeness (QED) is 0.181. The van der Waals surface area contributed by atoms with E-state index in [0.717, 1.165) is 83.8 Å². The lowest BCUT2D eigenvalue weighted by Crippen LogP contribution is -2.52. The van der Waals surface area contributed by atoms with Gasteiger partial charge >= 0.3 is 0 Å².